The van der Waals surface area contributed by atoms with Gasteiger partial charge in [0.25, 0.3) is 0 Å². The molecule has 0 atom stereocenters. The predicted octanol–water partition coefficient (Wildman–Crippen LogP) is 9.88. The molecule has 0 aliphatic heterocycles. The average molecular weight is 685 g/mol. The van der Waals surface area contributed by atoms with Crippen LogP contribution in [0.5, 0.6) is 5.75 Å². The molecule has 10 heteroatoms. The van der Waals surface area contributed by atoms with E-state index in [4.69, 9.17) is 42.4 Å². The van der Waals surface area contributed by atoms with Gasteiger partial charge in [-0.2, -0.15) is 0 Å². The second kappa shape index (κ2) is 14.8. The number of nitrogens with zero attached hydrogens (tertiary/aromatic N) is 2. The van der Waals surface area contributed by atoms with Crippen molar-refractivity contribution in [1.29, 1.82) is 0 Å². The number of hydrogen-bond donors (Lipinski definition) is 1. The number of methoxy groups -OCH3 is 2. The van der Waals surface area contributed by atoms with Crippen molar-refractivity contribution >= 4 is 53.1 Å². The minimum absolute atomic E-state index is 0.389. The molecule has 0 saturated heterocycles. The summed E-state index contributed by atoms with van der Waals surface area (Å²) < 4.78 is 17.9. The van der Waals surface area contributed by atoms with Crippen LogP contribution in [-0.4, -0.2) is 41.4 Å². The zero-order valence-electron chi connectivity index (χ0n) is 27.2. The monoisotopic (exact) mass is 683 g/mol. The van der Waals surface area contributed by atoms with Crippen LogP contribution in [0, 0.1) is 0 Å². The van der Waals surface area contributed by atoms with E-state index >= 15 is 0 Å². The van der Waals surface area contributed by atoms with Gasteiger partial charge < -0.3 is 18.8 Å². The Morgan fingerprint density at radius 2 is 1.58 bits per heavy atom. The quantitative estimate of drug-likeness (QED) is 0.156. The number of hydrogen-bond acceptors (Lipinski definition) is 6. The summed E-state index contributed by atoms with van der Waals surface area (Å²) >= 11 is 12.7. The molecule has 0 aliphatic carbocycles. The Labute approximate surface area is 289 Å². The Morgan fingerprint density at radius 3 is 2.23 bits per heavy atom. The van der Waals surface area contributed by atoms with Crippen LogP contribution >= 0.6 is 23.2 Å². The van der Waals surface area contributed by atoms with E-state index in [2.05, 4.69) is 5.32 Å². The standard InChI is InChI=1S/C38H35Cl2N3O5/c1-38(2,3)48-37(45)41-30-16-12-25(13-17-30)28-11-10-26(34(20-28)46-4)14-19-35-42-33(31-18-15-29(39)21-32(31)40)23-43(35)22-24-6-8-27(9-7-24)36(44)47-5/h6-21,23H,22H2,1-5H3,(H,41,45). The van der Waals surface area contributed by atoms with Crippen LogP contribution in [-0.2, 0) is 16.0 Å². The number of aromatic nitrogens is 2. The number of carbonyl (C=O) groups excluding carboxylic acids is 2. The first-order chi connectivity index (χ1) is 22.9. The van der Waals surface area contributed by atoms with Gasteiger partial charge in [0, 0.05) is 34.6 Å². The van der Waals surface area contributed by atoms with Gasteiger partial charge in [-0.3, -0.25) is 5.32 Å². The zero-order valence-corrected chi connectivity index (χ0v) is 28.7. The van der Waals surface area contributed by atoms with Crippen LogP contribution in [0.4, 0.5) is 10.5 Å². The maximum atomic E-state index is 12.1. The summed E-state index contributed by atoms with van der Waals surface area (Å²) in [5, 5.41) is 3.79. The number of carbonyl (C=O) groups is 2. The molecule has 4 aromatic carbocycles. The molecule has 0 aliphatic rings. The highest BCUT2D eigenvalue weighted by Crippen LogP contribution is 2.32. The molecule has 1 N–H and O–H groups in total. The largest absolute Gasteiger partial charge is 0.496 e. The molecule has 0 radical (unpaired) electrons. The predicted molar refractivity (Wildman–Crippen MR) is 192 cm³/mol. The van der Waals surface area contributed by atoms with Gasteiger partial charge in [0.15, 0.2) is 0 Å². The molecule has 8 nitrogen and oxygen atoms in total. The molecule has 0 saturated carbocycles. The van der Waals surface area contributed by atoms with Gasteiger partial charge in [0.1, 0.15) is 17.2 Å². The normalized spacial score (nSPS) is 11.4. The molecule has 246 valence electrons. The summed E-state index contributed by atoms with van der Waals surface area (Å²) in [7, 11) is 2.99. The van der Waals surface area contributed by atoms with Crippen LogP contribution in [0.2, 0.25) is 10.0 Å². The Hall–Kier alpha value is -5.05. The van der Waals surface area contributed by atoms with E-state index in [9.17, 15) is 9.59 Å². The number of esters is 1. The lowest BCUT2D eigenvalue weighted by molar-refractivity contribution is 0.0598. The fraction of sp³-hybridized carbons (Fsp3) is 0.184. The van der Waals surface area contributed by atoms with Crippen LogP contribution in [0.1, 0.15) is 48.1 Å². The van der Waals surface area contributed by atoms with Crippen LogP contribution in [0.15, 0.2) is 91.1 Å². The number of nitrogens with one attached hydrogen (secondary N) is 1. The molecule has 48 heavy (non-hydrogen) atoms. The van der Waals surface area contributed by atoms with Crippen molar-refractivity contribution in [3.05, 3.63) is 124 Å². The molecule has 1 heterocycles. The molecule has 5 rings (SSSR count). The topological polar surface area (TPSA) is 91.7 Å². The third-order valence-electron chi connectivity index (χ3n) is 7.25. The van der Waals surface area contributed by atoms with Crippen molar-refractivity contribution in [3.8, 4) is 28.1 Å². The Morgan fingerprint density at radius 1 is 0.875 bits per heavy atom. The lowest BCUT2D eigenvalue weighted by atomic mass is 10.0. The van der Waals surface area contributed by atoms with Crippen molar-refractivity contribution in [3.63, 3.8) is 0 Å². The maximum absolute atomic E-state index is 12.1. The first-order valence-corrected chi connectivity index (χ1v) is 15.8. The summed E-state index contributed by atoms with van der Waals surface area (Å²) in [4.78, 5) is 29.0. The summed E-state index contributed by atoms with van der Waals surface area (Å²) in [5.74, 6) is 0.976. The number of imidazole rings is 1. The molecule has 0 fully saturated rings. The van der Waals surface area contributed by atoms with Gasteiger partial charge in [-0.1, -0.05) is 59.6 Å². The Balaban J connectivity index is 1.41. The summed E-state index contributed by atoms with van der Waals surface area (Å²) in [5.41, 5.74) is 5.70. The highest BCUT2D eigenvalue weighted by molar-refractivity contribution is 6.36. The third kappa shape index (κ3) is 8.64. The average Bonchev–Trinajstić information content (AvgIpc) is 3.44. The van der Waals surface area contributed by atoms with Crippen molar-refractivity contribution in [2.24, 2.45) is 0 Å². The maximum Gasteiger partial charge on any atom is 0.412 e. The molecule has 1 aromatic heterocycles. The Kier molecular flexibility index (Phi) is 10.6. The Bertz CT molecular complexity index is 1960. The van der Waals surface area contributed by atoms with Gasteiger partial charge in [-0.25, -0.2) is 14.6 Å². The van der Waals surface area contributed by atoms with Gasteiger partial charge in [0.05, 0.1) is 30.5 Å². The lowest BCUT2D eigenvalue weighted by Crippen LogP contribution is -2.27. The first kappa shape index (κ1) is 34.3. The van der Waals surface area contributed by atoms with Crippen LogP contribution in [0.3, 0.4) is 0 Å². The summed E-state index contributed by atoms with van der Waals surface area (Å²) in [6, 6.07) is 26.0. The van der Waals surface area contributed by atoms with Gasteiger partial charge >= 0.3 is 12.1 Å². The number of amides is 1. The number of ether oxygens (including phenoxy) is 3. The van der Waals surface area contributed by atoms with E-state index in [1.807, 2.05) is 104 Å². The van der Waals surface area contributed by atoms with Crippen molar-refractivity contribution in [2.75, 3.05) is 19.5 Å². The summed E-state index contributed by atoms with van der Waals surface area (Å²) in [6.45, 7) is 5.95. The van der Waals surface area contributed by atoms with E-state index < -0.39 is 11.7 Å². The minimum atomic E-state index is -0.581. The minimum Gasteiger partial charge on any atom is -0.496 e. The van der Waals surface area contributed by atoms with E-state index in [-0.39, 0.29) is 5.97 Å². The molecular formula is C38H35Cl2N3O5. The van der Waals surface area contributed by atoms with Crippen molar-refractivity contribution < 1.29 is 23.8 Å². The third-order valence-corrected chi connectivity index (χ3v) is 7.80. The molecule has 0 spiro atoms. The van der Waals surface area contributed by atoms with Gasteiger partial charge in [-0.05, 0) is 98.1 Å². The second-order valence-electron chi connectivity index (χ2n) is 11.9. The van der Waals surface area contributed by atoms with Gasteiger partial charge in [-0.15, -0.1) is 0 Å². The van der Waals surface area contributed by atoms with E-state index in [1.165, 1.54) is 7.11 Å². The number of benzene rings is 4. The fourth-order valence-corrected chi connectivity index (χ4v) is 5.44. The second-order valence-corrected chi connectivity index (χ2v) is 12.8. The first-order valence-electron chi connectivity index (χ1n) is 15.1. The molecule has 0 unspecified atom stereocenters. The van der Waals surface area contributed by atoms with Crippen LogP contribution in [0.25, 0.3) is 34.5 Å². The SMILES string of the molecule is COC(=O)c1ccc(Cn2cc(-c3ccc(Cl)cc3Cl)nc2C=Cc2ccc(-c3ccc(NC(=O)OC(C)(C)C)cc3)cc2OC)cc1. The smallest absolute Gasteiger partial charge is 0.412 e. The number of anilines is 1. The number of rotatable bonds is 9. The van der Waals surface area contributed by atoms with Crippen molar-refractivity contribution in [2.45, 2.75) is 32.9 Å². The molecular weight excluding hydrogens is 649 g/mol. The summed E-state index contributed by atoms with van der Waals surface area (Å²) in [6.07, 6.45) is 5.30. The van der Waals surface area contributed by atoms with E-state index in [0.717, 1.165) is 27.8 Å². The van der Waals surface area contributed by atoms with E-state index in [1.54, 1.807) is 31.4 Å². The molecule has 5 aromatic rings. The van der Waals surface area contributed by atoms with Gasteiger partial charge in [0.2, 0.25) is 0 Å². The lowest BCUT2D eigenvalue weighted by Gasteiger charge is -2.19. The fourth-order valence-electron chi connectivity index (χ4n) is 4.94. The van der Waals surface area contributed by atoms with E-state index in [0.29, 0.717) is 45.1 Å². The molecule has 1 amide bonds. The highest BCUT2D eigenvalue weighted by Gasteiger charge is 2.17. The number of halogens is 2. The molecule has 0 bridgehead atoms. The highest BCUT2D eigenvalue weighted by atomic mass is 35.5. The van der Waals surface area contributed by atoms with Crippen LogP contribution < -0.4 is 10.1 Å². The van der Waals surface area contributed by atoms with Crippen molar-refractivity contribution in [1.82, 2.24) is 9.55 Å². The zero-order chi connectivity index (χ0) is 34.4.